The molecule has 0 atom stereocenters. The van der Waals surface area contributed by atoms with Gasteiger partial charge in [-0.25, -0.2) is 8.78 Å². The number of nitrogens with two attached hydrogens (primary N) is 1. The number of halogens is 2. The highest BCUT2D eigenvalue weighted by molar-refractivity contribution is 7.98. The lowest BCUT2D eigenvalue weighted by Gasteiger charge is -2.07. The van der Waals surface area contributed by atoms with Crippen molar-refractivity contribution in [2.75, 3.05) is 5.73 Å². The second-order valence-electron chi connectivity index (χ2n) is 4.08. The lowest BCUT2D eigenvalue weighted by Crippen LogP contribution is -1.91. The van der Waals surface area contributed by atoms with E-state index < -0.39 is 11.6 Å². The summed E-state index contributed by atoms with van der Waals surface area (Å²) in [6, 6.07) is 9.72. The highest BCUT2D eigenvalue weighted by Gasteiger charge is 2.05. The predicted octanol–water partition coefficient (Wildman–Crippen LogP) is 4.15. The molecule has 0 aliphatic heterocycles. The average Bonchev–Trinajstić information content (AvgIpc) is 2.34. The summed E-state index contributed by atoms with van der Waals surface area (Å²) in [5.41, 5.74) is 8.41. The van der Waals surface area contributed by atoms with Gasteiger partial charge in [0.05, 0.1) is 0 Å². The van der Waals surface area contributed by atoms with Gasteiger partial charge in [0, 0.05) is 16.3 Å². The van der Waals surface area contributed by atoms with E-state index in [0.717, 1.165) is 22.1 Å². The molecule has 2 aromatic carbocycles. The first-order chi connectivity index (χ1) is 8.56. The molecule has 2 rings (SSSR count). The summed E-state index contributed by atoms with van der Waals surface area (Å²) in [5.74, 6) is -1.07. The summed E-state index contributed by atoms with van der Waals surface area (Å²) in [4.78, 5) is 0.958. The summed E-state index contributed by atoms with van der Waals surface area (Å²) in [5, 5.41) is 0. The fraction of sp³-hybridized carbons (Fsp3) is 0.143. The zero-order chi connectivity index (χ0) is 13.1. The van der Waals surface area contributed by atoms with Crippen LogP contribution in [0.4, 0.5) is 14.5 Å². The number of aryl methyl sites for hydroxylation is 1. The van der Waals surface area contributed by atoms with Crippen molar-refractivity contribution in [3.05, 3.63) is 59.2 Å². The van der Waals surface area contributed by atoms with Gasteiger partial charge in [0.2, 0.25) is 0 Å². The molecule has 18 heavy (non-hydrogen) atoms. The molecule has 0 fully saturated rings. The molecule has 2 aromatic rings. The van der Waals surface area contributed by atoms with Gasteiger partial charge in [0.15, 0.2) is 11.6 Å². The molecule has 4 heteroatoms. The minimum absolute atomic E-state index is 0.560. The summed E-state index contributed by atoms with van der Waals surface area (Å²) >= 11 is 1.51. The van der Waals surface area contributed by atoms with Gasteiger partial charge in [-0.2, -0.15) is 0 Å². The van der Waals surface area contributed by atoms with E-state index in [4.69, 9.17) is 5.73 Å². The first-order valence-electron chi connectivity index (χ1n) is 5.49. The maximum Gasteiger partial charge on any atom is 0.159 e. The van der Waals surface area contributed by atoms with Crippen molar-refractivity contribution in [2.45, 2.75) is 17.6 Å². The van der Waals surface area contributed by atoms with E-state index in [1.165, 1.54) is 17.8 Å². The van der Waals surface area contributed by atoms with Crippen molar-refractivity contribution in [1.29, 1.82) is 0 Å². The molecule has 0 aromatic heterocycles. The molecule has 0 aliphatic carbocycles. The Labute approximate surface area is 109 Å². The molecule has 0 aliphatic rings. The molecular formula is C14H13F2NS. The van der Waals surface area contributed by atoms with Crippen LogP contribution in [-0.2, 0) is 5.75 Å². The third-order valence-electron chi connectivity index (χ3n) is 2.55. The minimum Gasteiger partial charge on any atom is -0.398 e. The zero-order valence-electron chi connectivity index (χ0n) is 9.91. The van der Waals surface area contributed by atoms with Gasteiger partial charge in [-0.3, -0.25) is 0 Å². The van der Waals surface area contributed by atoms with Gasteiger partial charge in [-0.1, -0.05) is 12.1 Å². The van der Waals surface area contributed by atoms with E-state index in [9.17, 15) is 8.78 Å². The Balaban J connectivity index is 2.11. The second kappa shape index (κ2) is 5.40. The van der Waals surface area contributed by atoms with Crippen LogP contribution in [0.2, 0.25) is 0 Å². The van der Waals surface area contributed by atoms with Crippen LogP contribution in [0.1, 0.15) is 11.1 Å². The van der Waals surface area contributed by atoms with Crippen molar-refractivity contribution >= 4 is 17.4 Å². The molecule has 0 bridgehead atoms. The topological polar surface area (TPSA) is 26.0 Å². The van der Waals surface area contributed by atoms with Crippen molar-refractivity contribution in [1.82, 2.24) is 0 Å². The fourth-order valence-electron chi connectivity index (χ4n) is 1.56. The first-order valence-corrected chi connectivity index (χ1v) is 6.47. The van der Waals surface area contributed by atoms with E-state index in [2.05, 4.69) is 0 Å². The fourth-order valence-corrected chi connectivity index (χ4v) is 2.56. The quantitative estimate of drug-likeness (QED) is 0.666. The van der Waals surface area contributed by atoms with Gasteiger partial charge < -0.3 is 5.73 Å². The second-order valence-corrected chi connectivity index (χ2v) is 5.10. The van der Waals surface area contributed by atoms with E-state index in [1.807, 2.05) is 25.1 Å². The van der Waals surface area contributed by atoms with E-state index in [0.29, 0.717) is 11.4 Å². The van der Waals surface area contributed by atoms with Gasteiger partial charge >= 0.3 is 0 Å². The number of thioether (sulfide) groups is 1. The first kappa shape index (κ1) is 12.9. The Morgan fingerprint density at radius 1 is 1.06 bits per heavy atom. The molecule has 0 heterocycles. The summed E-state index contributed by atoms with van der Waals surface area (Å²) in [6.07, 6.45) is 0. The number of rotatable bonds is 3. The van der Waals surface area contributed by atoms with Gasteiger partial charge in [-0.15, -0.1) is 11.8 Å². The average molecular weight is 265 g/mol. The van der Waals surface area contributed by atoms with Crippen molar-refractivity contribution in [3.8, 4) is 0 Å². The van der Waals surface area contributed by atoms with Gasteiger partial charge in [0.25, 0.3) is 0 Å². The predicted molar refractivity (Wildman–Crippen MR) is 71.5 cm³/mol. The Morgan fingerprint density at radius 2 is 1.83 bits per heavy atom. The standard InChI is InChI=1S/C14H13F2NS/c1-9-2-5-13(17)14(6-9)18-8-10-3-4-11(15)12(16)7-10/h2-7H,8,17H2,1H3. The maximum absolute atomic E-state index is 13.0. The largest absolute Gasteiger partial charge is 0.398 e. The third-order valence-corrected chi connectivity index (χ3v) is 3.69. The Morgan fingerprint density at radius 3 is 2.56 bits per heavy atom. The lowest BCUT2D eigenvalue weighted by molar-refractivity contribution is 0.507. The van der Waals surface area contributed by atoms with Crippen LogP contribution in [0.15, 0.2) is 41.3 Å². The number of nitrogen functional groups attached to an aromatic ring is 1. The molecule has 1 nitrogen and oxygen atoms in total. The zero-order valence-corrected chi connectivity index (χ0v) is 10.7. The maximum atomic E-state index is 13.0. The SMILES string of the molecule is Cc1ccc(N)c(SCc2ccc(F)c(F)c2)c1. The van der Waals surface area contributed by atoms with E-state index in [-0.39, 0.29) is 0 Å². The van der Waals surface area contributed by atoms with Gasteiger partial charge in [-0.05, 0) is 42.3 Å². The summed E-state index contributed by atoms with van der Waals surface area (Å²) in [6.45, 7) is 1.99. The number of hydrogen-bond acceptors (Lipinski definition) is 2. The van der Waals surface area contributed by atoms with Crippen LogP contribution in [0.5, 0.6) is 0 Å². The number of hydrogen-bond donors (Lipinski definition) is 1. The van der Waals surface area contributed by atoms with Crippen LogP contribution in [-0.4, -0.2) is 0 Å². The van der Waals surface area contributed by atoms with E-state index in [1.54, 1.807) is 6.07 Å². The molecule has 0 saturated carbocycles. The summed E-state index contributed by atoms with van der Waals surface area (Å²) < 4.78 is 25.8. The van der Waals surface area contributed by atoms with E-state index >= 15 is 0 Å². The molecule has 94 valence electrons. The highest BCUT2D eigenvalue weighted by atomic mass is 32.2. The number of anilines is 1. The molecule has 0 saturated heterocycles. The van der Waals surface area contributed by atoms with Crippen molar-refractivity contribution in [2.24, 2.45) is 0 Å². The highest BCUT2D eigenvalue weighted by Crippen LogP contribution is 2.29. The van der Waals surface area contributed by atoms with Crippen LogP contribution >= 0.6 is 11.8 Å². The van der Waals surface area contributed by atoms with Crippen LogP contribution in [0, 0.1) is 18.6 Å². The van der Waals surface area contributed by atoms with Crippen molar-refractivity contribution in [3.63, 3.8) is 0 Å². The Bertz CT molecular complexity index is 570. The van der Waals surface area contributed by atoms with Gasteiger partial charge in [0.1, 0.15) is 0 Å². The van der Waals surface area contributed by atoms with Crippen molar-refractivity contribution < 1.29 is 8.78 Å². The Kier molecular flexibility index (Phi) is 3.87. The smallest absolute Gasteiger partial charge is 0.159 e. The monoisotopic (exact) mass is 265 g/mol. The van der Waals surface area contributed by atoms with Crippen LogP contribution < -0.4 is 5.73 Å². The minimum atomic E-state index is -0.821. The normalized spacial score (nSPS) is 10.6. The molecule has 0 radical (unpaired) electrons. The Hall–Kier alpha value is -1.55. The van der Waals surface area contributed by atoms with Crippen LogP contribution in [0.25, 0.3) is 0 Å². The summed E-state index contributed by atoms with van der Waals surface area (Å²) in [7, 11) is 0. The molecule has 2 N–H and O–H groups in total. The molecule has 0 amide bonds. The number of benzene rings is 2. The molecular weight excluding hydrogens is 252 g/mol. The molecule has 0 unspecified atom stereocenters. The third kappa shape index (κ3) is 3.01. The van der Waals surface area contributed by atoms with Crippen LogP contribution in [0.3, 0.4) is 0 Å². The lowest BCUT2D eigenvalue weighted by atomic mass is 10.2. The molecule has 0 spiro atoms.